The number of pyridine rings is 2. The van der Waals surface area contributed by atoms with Crippen LogP contribution in [0, 0.1) is 13.8 Å². The fourth-order valence-corrected chi connectivity index (χ4v) is 3.60. The van der Waals surface area contributed by atoms with E-state index in [-0.39, 0.29) is 16.8 Å². The first-order chi connectivity index (χ1) is 14.3. The smallest absolute Gasteiger partial charge is 0.274 e. The Hall–Kier alpha value is -3.87. The van der Waals surface area contributed by atoms with Gasteiger partial charge in [-0.2, -0.15) is 0 Å². The molecule has 1 aromatic carbocycles. The van der Waals surface area contributed by atoms with Crippen LogP contribution in [0.3, 0.4) is 0 Å². The molecule has 0 spiro atoms. The summed E-state index contributed by atoms with van der Waals surface area (Å²) in [5.41, 5.74) is 3.20. The van der Waals surface area contributed by atoms with Crippen molar-refractivity contribution >= 4 is 17.2 Å². The van der Waals surface area contributed by atoms with E-state index in [0.717, 1.165) is 11.1 Å². The Morgan fingerprint density at radius 1 is 0.967 bits per heavy atom. The minimum absolute atomic E-state index is 0.216. The van der Waals surface area contributed by atoms with E-state index in [1.165, 1.54) is 15.2 Å². The van der Waals surface area contributed by atoms with Crippen LogP contribution >= 0.6 is 0 Å². The number of aldehydes is 1. The summed E-state index contributed by atoms with van der Waals surface area (Å²) in [7, 11) is 3.28. The first kappa shape index (κ1) is 19.4. The average Bonchev–Trinajstić information content (AvgIpc) is 3.15. The molecule has 0 unspecified atom stereocenters. The number of rotatable bonds is 4. The van der Waals surface area contributed by atoms with Gasteiger partial charge in [0, 0.05) is 42.9 Å². The Kier molecular flexibility index (Phi) is 4.66. The third kappa shape index (κ3) is 3.14. The quantitative estimate of drug-likeness (QED) is 0.529. The molecule has 0 fully saturated rings. The van der Waals surface area contributed by atoms with E-state index >= 15 is 0 Å². The molecule has 4 rings (SSSR count). The average molecular weight is 403 g/mol. The van der Waals surface area contributed by atoms with Crippen molar-refractivity contribution in [2.45, 2.75) is 13.8 Å². The zero-order valence-corrected chi connectivity index (χ0v) is 17.1. The molecule has 1 N–H and O–H groups in total. The molecule has 0 amide bonds. The number of nitrogens with one attached hydrogen (secondary N) is 1. The molecule has 0 saturated heterocycles. The van der Waals surface area contributed by atoms with Crippen LogP contribution in [0.15, 0.2) is 52.3 Å². The van der Waals surface area contributed by atoms with Crippen LogP contribution in [-0.4, -0.2) is 20.4 Å². The Morgan fingerprint density at radius 3 is 2.33 bits per heavy atom. The van der Waals surface area contributed by atoms with E-state index in [2.05, 4.69) is 4.98 Å². The predicted octanol–water partition coefficient (Wildman–Crippen LogP) is 3.45. The lowest BCUT2D eigenvalue weighted by Crippen LogP contribution is -2.18. The number of aromatic amines is 1. The van der Waals surface area contributed by atoms with E-state index in [1.807, 2.05) is 32.0 Å². The first-order valence-corrected chi connectivity index (χ1v) is 9.42. The zero-order chi connectivity index (χ0) is 21.6. The lowest BCUT2D eigenvalue weighted by atomic mass is 10.0. The minimum atomic E-state index is -0.261. The number of carbonyl (C=O) groups is 1. The lowest BCUT2D eigenvalue weighted by molar-refractivity contribution is 0.112. The summed E-state index contributed by atoms with van der Waals surface area (Å²) in [6.45, 7) is 3.91. The van der Waals surface area contributed by atoms with Gasteiger partial charge in [-0.3, -0.25) is 14.4 Å². The molecule has 7 nitrogen and oxygen atoms in total. The molecule has 0 aliphatic carbocycles. The summed E-state index contributed by atoms with van der Waals surface area (Å²) < 4.78 is 9.15. The maximum absolute atomic E-state index is 12.5. The second-order valence-electron chi connectivity index (χ2n) is 7.41. The second-order valence-corrected chi connectivity index (χ2v) is 7.41. The second kappa shape index (κ2) is 7.18. The maximum atomic E-state index is 12.5. The molecule has 3 heterocycles. The normalized spacial score (nSPS) is 11.1. The Balaban J connectivity index is 2.03. The van der Waals surface area contributed by atoms with Gasteiger partial charge in [0.25, 0.3) is 11.1 Å². The van der Waals surface area contributed by atoms with Crippen molar-refractivity contribution in [3.63, 3.8) is 0 Å². The third-order valence-corrected chi connectivity index (χ3v) is 5.22. The molecule has 30 heavy (non-hydrogen) atoms. The predicted molar refractivity (Wildman–Crippen MR) is 116 cm³/mol. The number of hydrogen-bond donors (Lipinski definition) is 1. The Bertz CT molecular complexity index is 1400. The lowest BCUT2D eigenvalue weighted by Gasteiger charge is -2.17. The fraction of sp³-hybridized carbons (Fsp3) is 0.174. The summed E-state index contributed by atoms with van der Waals surface area (Å²) in [4.78, 5) is 39.2. The van der Waals surface area contributed by atoms with Crippen LogP contribution in [-0.2, 0) is 14.1 Å². The van der Waals surface area contributed by atoms with Crippen LogP contribution in [0.5, 0.6) is 11.5 Å². The minimum Gasteiger partial charge on any atom is -0.455 e. The van der Waals surface area contributed by atoms with Crippen molar-refractivity contribution < 1.29 is 9.53 Å². The standard InChI is InChI=1S/C23H21N3O4/c1-13-6-5-7-14(2)22(13)30-19-11-25(3)20(28)9-16(19)18-10-26(4)23(29)21-17(18)8-15(12-27)24-21/h5-12,24H,1-4H3. The molecule has 4 aromatic rings. The molecule has 152 valence electrons. The van der Waals surface area contributed by atoms with Gasteiger partial charge in [0.1, 0.15) is 11.3 Å². The van der Waals surface area contributed by atoms with E-state index in [1.54, 1.807) is 32.6 Å². The van der Waals surface area contributed by atoms with E-state index < -0.39 is 0 Å². The maximum Gasteiger partial charge on any atom is 0.274 e. The fourth-order valence-electron chi connectivity index (χ4n) is 3.60. The van der Waals surface area contributed by atoms with Crippen molar-refractivity contribution in [1.82, 2.24) is 14.1 Å². The van der Waals surface area contributed by atoms with Crippen molar-refractivity contribution in [1.29, 1.82) is 0 Å². The molecular weight excluding hydrogens is 382 g/mol. The number of carbonyl (C=O) groups excluding carboxylic acids is 1. The van der Waals surface area contributed by atoms with E-state index in [0.29, 0.717) is 39.8 Å². The SMILES string of the molecule is Cc1cccc(C)c1Oc1cn(C)c(=O)cc1-c1cn(C)c(=O)c2[nH]c(C=O)cc12. The van der Waals surface area contributed by atoms with Crippen molar-refractivity contribution in [2.24, 2.45) is 14.1 Å². The van der Waals surface area contributed by atoms with Crippen molar-refractivity contribution in [3.8, 4) is 22.6 Å². The molecule has 0 atom stereocenters. The molecule has 0 saturated carbocycles. The van der Waals surface area contributed by atoms with Gasteiger partial charge in [-0.25, -0.2) is 0 Å². The molecule has 7 heteroatoms. The third-order valence-electron chi connectivity index (χ3n) is 5.22. The number of ether oxygens (including phenoxy) is 1. The number of aryl methyl sites for hydroxylation is 4. The highest BCUT2D eigenvalue weighted by Gasteiger charge is 2.18. The van der Waals surface area contributed by atoms with Gasteiger partial charge < -0.3 is 18.9 Å². The number of para-hydroxylation sites is 1. The largest absolute Gasteiger partial charge is 0.455 e. The highest BCUT2D eigenvalue weighted by molar-refractivity contribution is 5.99. The molecule has 0 aliphatic rings. The summed E-state index contributed by atoms with van der Waals surface area (Å²) in [5, 5.41) is 0.555. The van der Waals surface area contributed by atoms with Crippen LogP contribution in [0.4, 0.5) is 0 Å². The summed E-state index contributed by atoms with van der Waals surface area (Å²) >= 11 is 0. The number of aromatic nitrogens is 3. The van der Waals surface area contributed by atoms with Crippen LogP contribution in [0.1, 0.15) is 21.6 Å². The van der Waals surface area contributed by atoms with Gasteiger partial charge in [-0.15, -0.1) is 0 Å². The molecule has 3 aromatic heterocycles. The number of H-pyrrole nitrogens is 1. The molecular formula is C23H21N3O4. The van der Waals surface area contributed by atoms with Gasteiger partial charge in [0.05, 0.1) is 11.9 Å². The van der Waals surface area contributed by atoms with Gasteiger partial charge in [0.15, 0.2) is 12.0 Å². The highest BCUT2D eigenvalue weighted by atomic mass is 16.5. The van der Waals surface area contributed by atoms with Crippen LogP contribution < -0.4 is 15.9 Å². The van der Waals surface area contributed by atoms with Gasteiger partial charge in [0.2, 0.25) is 0 Å². The van der Waals surface area contributed by atoms with Gasteiger partial charge in [-0.1, -0.05) is 18.2 Å². The monoisotopic (exact) mass is 403 g/mol. The first-order valence-electron chi connectivity index (χ1n) is 9.42. The topological polar surface area (TPSA) is 86.1 Å². The van der Waals surface area contributed by atoms with Crippen LogP contribution in [0.25, 0.3) is 22.0 Å². The number of fused-ring (bicyclic) bond motifs is 1. The Labute approximate surface area is 172 Å². The number of benzene rings is 1. The summed E-state index contributed by atoms with van der Waals surface area (Å²) in [6, 6.07) is 8.96. The molecule has 0 radical (unpaired) electrons. The summed E-state index contributed by atoms with van der Waals surface area (Å²) in [5.74, 6) is 1.18. The number of hydrogen-bond acceptors (Lipinski definition) is 4. The van der Waals surface area contributed by atoms with Crippen molar-refractivity contribution in [3.05, 3.63) is 80.3 Å². The zero-order valence-electron chi connectivity index (χ0n) is 17.1. The van der Waals surface area contributed by atoms with Crippen LogP contribution in [0.2, 0.25) is 0 Å². The molecule has 0 aliphatic heterocycles. The Morgan fingerprint density at radius 2 is 1.67 bits per heavy atom. The van der Waals surface area contributed by atoms with Crippen molar-refractivity contribution in [2.75, 3.05) is 0 Å². The summed E-state index contributed by atoms with van der Waals surface area (Å²) in [6.07, 6.45) is 3.94. The highest BCUT2D eigenvalue weighted by Crippen LogP contribution is 2.37. The van der Waals surface area contributed by atoms with E-state index in [4.69, 9.17) is 4.74 Å². The molecule has 0 bridgehead atoms. The van der Waals surface area contributed by atoms with Gasteiger partial charge in [-0.05, 0) is 31.0 Å². The van der Waals surface area contributed by atoms with E-state index in [9.17, 15) is 14.4 Å². The number of nitrogens with zero attached hydrogens (tertiary/aromatic N) is 2. The van der Waals surface area contributed by atoms with Gasteiger partial charge >= 0.3 is 0 Å².